The summed E-state index contributed by atoms with van der Waals surface area (Å²) in [4.78, 5) is 0. The van der Waals surface area contributed by atoms with Gasteiger partial charge in [0.05, 0.1) is 20.3 Å². The minimum Gasteiger partial charge on any atom is -0.497 e. The smallest absolute Gasteiger partial charge is 0.124 e. The maximum atomic E-state index is 5.76. The molecule has 2 rings (SSSR count). The first kappa shape index (κ1) is 13.9. The maximum Gasteiger partial charge on any atom is 0.124 e. The molecule has 19 heavy (non-hydrogen) atoms. The fourth-order valence-electron chi connectivity index (χ4n) is 2.59. The lowest BCUT2D eigenvalue weighted by atomic mass is 9.89. The molecule has 1 aliphatic carbocycles. The Morgan fingerprint density at radius 2 is 2.05 bits per heavy atom. The number of rotatable bonds is 5. The molecule has 0 spiro atoms. The summed E-state index contributed by atoms with van der Waals surface area (Å²) in [5.74, 6) is 7.40. The van der Waals surface area contributed by atoms with Crippen LogP contribution < -0.4 is 20.7 Å². The number of methoxy groups -OCH3 is 2. The Morgan fingerprint density at radius 3 is 2.63 bits per heavy atom. The third kappa shape index (κ3) is 3.08. The molecule has 1 unspecified atom stereocenters. The number of hydrogen-bond acceptors (Lipinski definition) is 4. The van der Waals surface area contributed by atoms with E-state index in [1.54, 1.807) is 14.2 Å². The molecule has 4 heteroatoms. The van der Waals surface area contributed by atoms with Gasteiger partial charge < -0.3 is 9.47 Å². The lowest BCUT2D eigenvalue weighted by Crippen LogP contribution is -2.30. The molecule has 0 amide bonds. The summed E-state index contributed by atoms with van der Waals surface area (Å²) in [6.45, 7) is 0. The highest BCUT2D eigenvalue weighted by Crippen LogP contribution is 2.36. The number of hydrazine groups is 1. The molecule has 1 atom stereocenters. The highest BCUT2D eigenvalue weighted by molar-refractivity contribution is 5.45. The number of ether oxygens (including phenoxy) is 2. The molecule has 1 aliphatic rings. The van der Waals surface area contributed by atoms with E-state index in [1.807, 2.05) is 18.2 Å². The van der Waals surface area contributed by atoms with Crippen LogP contribution in [0.15, 0.2) is 29.8 Å². The van der Waals surface area contributed by atoms with Crippen LogP contribution in [0.25, 0.3) is 0 Å². The first-order valence-corrected chi connectivity index (χ1v) is 6.67. The van der Waals surface area contributed by atoms with Crippen LogP contribution in [0.4, 0.5) is 0 Å². The van der Waals surface area contributed by atoms with Crippen molar-refractivity contribution in [3.63, 3.8) is 0 Å². The van der Waals surface area contributed by atoms with Crippen LogP contribution in [0.3, 0.4) is 0 Å². The van der Waals surface area contributed by atoms with Crippen molar-refractivity contribution >= 4 is 0 Å². The van der Waals surface area contributed by atoms with Gasteiger partial charge in [-0.3, -0.25) is 5.84 Å². The van der Waals surface area contributed by atoms with Crippen LogP contribution in [0.5, 0.6) is 11.5 Å². The van der Waals surface area contributed by atoms with Crippen LogP contribution in [-0.4, -0.2) is 14.2 Å². The first-order chi connectivity index (χ1) is 9.30. The van der Waals surface area contributed by atoms with E-state index in [0.29, 0.717) is 0 Å². The Kier molecular flexibility index (Phi) is 4.82. The molecule has 0 saturated carbocycles. The molecule has 0 aromatic heterocycles. The zero-order valence-corrected chi connectivity index (χ0v) is 11.6. The Balaban J connectivity index is 2.38. The molecule has 0 heterocycles. The van der Waals surface area contributed by atoms with Gasteiger partial charge in [0.2, 0.25) is 0 Å². The van der Waals surface area contributed by atoms with E-state index in [-0.39, 0.29) is 6.04 Å². The van der Waals surface area contributed by atoms with Crippen molar-refractivity contribution in [3.8, 4) is 11.5 Å². The van der Waals surface area contributed by atoms with E-state index < -0.39 is 0 Å². The molecule has 0 aliphatic heterocycles. The van der Waals surface area contributed by atoms with Gasteiger partial charge in [0, 0.05) is 5.56 Å². The fraction of sp³-hybridized carbons (Fsp3) is 0.467. The quantitative estimate of drug-likeness (QED) is 0.486. The topological polar surface area (TPSA) is 56.5 Å². The van der Waals surface area contributed by atoms with E-state index in [1.165, 1.54) is 18.4 Å². The number of nitrogens with two attached hydrogens (primary N) is 1. The van der Waals surface area contributed by atoms with Crippen molar-refractivity contribution in [1.82, 2.24) is 5.43 Å². The minimum absolute atomic E-state index is 0.00894. The summed E-state index contributed by atoms with van der Waals surface area (Å²) in [7, 11) is 3.34. The lowest BCUT2D eigenvalue weighted by molar-refractivity contribution is 0.392. The summed E-state index contributed by atoms with van der Waals surface area (Å²) in [5.41, 5.74) is 5.27. The third-order valence-electron chi connectivity index (χ3n) is 3.61. The highest BCUT2D eigenvalue weighted by Gasteiger charge is 2.21. The second-order valence-corrected chi connectivity index (χ2v) is 4.73. The molecule has 1 aromatic carbocycles. The van der Waals surface area contributed by atoms with Gasteiger partial charge in [-0.2, -0.15) is 0 Å². The molecule has 1 aromatic rings. The fourth-order valence-corrected chi connectivity index (χ4v) is 2.59. The minimum atomic E-state index is -0.00894. The van der Waals surface area contributed by atoms with E-state index in [0.717, 1.165) is 29.9 Å². The first-order valence-electron chi connectivity index (χ1n) is 6.67. The van der Waals surface area contributed by atoms with Gasteiger partial charge in [0.15, 0.2) is 0 Å². The van der Waals surface area contributed by atoms with Gasteiger partial charge >= 0.3 is 0 Å². The second kappa shape index (κ2) is 6.59. The monoisotopic (exact) mass is 262 g/mol. The van der Waals surface area contributed by atoms with E-state index in [9.17, 15) is 0 Å². The third-order valence-corrected chi connectivity index (χ3v) is 3.61. The number of benzene rings is 1. The lowest BCUT2D eigenvalue weighted by Gasteiger charge is -2.25. The van der Waals surface area contributed by atoms with E-state index in [4.69, 9.17) is 15.3 Å². The summed E-state index contributed by atoms with van der Waals surface area (Å²) >= 11 is 0. The predicted octanol–water partition coefficient (Wildman–Crippen LogP) is 2.71. The molecular weight excluding hydrogens is 240 g/mol. The number of allylic oxidation sites excluding steroid dienone is 1. The maximum absolute atomic E-state index is 5.76. The van der Waals surface area contributed by atoms with Crippen molar-refractivity contribution in [2.24, 2.45) is 5.84 Å². The van der Waals surface area contributed by atoms with E-state index in [2.05, 4.69) is 11.5 Å². The molecule has 104 valence electrons. The van der Waals surface area contributed by atoms with Crippen LogP contribution in [-0.2, 0) is 0 Å². The van der Waals surface area contributed by atoms with Crippen molar-refractivity contribution in [2.75, 3.05) is 14.2 Å². The van der Waals surface area contributed by atoms with Crippen LogP contribution in [0, 0.1) is 0 Å². The van der Waals surface area contributed by atoms with Crippen molar-refractivity contribution in [3.05, 3.63) is 35.4 Å². The molecule has 3 N–H and O–H groups in total. The van der Waals surface area contributed by atoms with Crippen molar-refractivity contribution in [2.45, 2.75) is 31.7 Å². The predicted molar refractivity (Wildman–Crippen MR) is 76.2 cm³/mol. The number of hydrogen-bond donors (Lipinski definition) is 2. The van der Waals surface area contributed by atoms with Gasteiger partial charge in [-0.05, 0) is 43.9 Å². The van der Waals surface area contributed by atoms with Gasteiger partial charge in [-0.15, -0.1) is 0 Å². The normalized spacial score (nSPS) is 16.7. The Bertz CT molecular complexity index is 457. The van der Waals surface area contributed by atoms with Gasteiger partial charge in [-0.1, -0.05) is 11.6 Å². The molecule has 0 fully saturated rings. The molecule has 0 bridgehead atoms. The van der Waals surface area contributed by atoms with Crippen LogP contribution in [0.2, 0.25) is 0 Å². The van der Waals surface area contributed by atoms with Gasteiger partial charge in [-0.25, -0.2) is 5.43 Å². The zero-order chi connectivity index (χ0) is 13.7. The van der Waals surface area contributed by atoms with Crippen LogP contribution >= 0.6 is 0 Å². The summed E-state index contributed by atoms with van der Waals surface area (Å²) in [6, 6.07) is 5.79. The Hall–Kier alpha value is -1.52. The molecule has 0 radical (unpaired) electrons. The largest absolute Gasteiger partial charge is 0.497 e. The standard InChI is InChI=1S/C15H22N2O2/c1-18-12-8-9-14(19-2)13(10-12)15(17-16)11-6-4-3-5-7-11/h6,8-10,15,17H,3-5,7,16H2,1-2H3. The molecule has 4 nitrogen and oxygen atoms in total. The van der Waals surface area contributed by atoms with Crippen molar-refractivity contribution in [1.29, 1.82) is 0 Å². The Labute approximate surface area is 114 Å². The highest BCUT2D eigenvalue weighted by atomic mass is 16.5. The SMILES string of the molecule is COc1ccc(OC)c(C(NN)C2=CCCCC2)c1. The van der Waals surface area contributed by atoms with Gasteiger partial charge in [0.25, 0.3) is 0 Å². The average Bonchev–Trinajstić information content (AvgIpc) is 2.49. The molecule has 0 saturated heterocycles. The van der Waals surface area contributed by atoms with Crippen molar-refractivity contribution < 1.29 is 9.47 Å². The number of nitrogens with one attached hydrogen (secondary N) is 1. The average molecular weight is 262 g/mol. The van der Waals surface area contributed by atoms with E-state index >= 15 is 0 Å². The summed E-state index contributed by atoms with van der Waals surface area (Å²) in [5, 5.41) is 0. The Morgan fingerprint density at radius 1 is 1.21 bits per heavy atom. The molecular formula is C15H22N2O2. The zero-order valence-electron chi connectivity index (χ0n) is 11.6. The summed E-state index contributed by atoms with van der Waals surface area (Å²) in [6.07, 6.45) is 6.97. The van der Waals surface area contributed by atoms with Crippen LogP contribution in [0.1, 0.15) is 37.3 Å². The summed E-state index contributed by atoms with van der Waals surface area (Å²) < 4.78 is 10.7. The second-order valence-electron chi connectivity index (χ2n) is 4.73. The van der Waals surface area contributed by atoms with Gasteiger partial charge in [0.1, 0.15) is 11.5 Å².